The lowest BCUT2D eigenvalue weighted by Crippen LogP contribution is -1.97. The van der Waals surface area contributed by atoms with E-state index in [-0.39, 0.29) is 11.2 Å². The van der Waals surface area contributed by atoms with Crippen molar-refractivity contribution in [3.8, 4) is 11.6 Å². The Balaban J connectivity index is 2.34. The number of ether oxygens (including phenoxy) is 1. The van der Waals surface area contributed by atoms with Crippen molar-refractivity contribution in [3.63, 3.8) is 0 Å². The van der Waals surface area contributed by atoms with Crippen LogP contribution in [0.1, 0.15) is 5.56 Å². The van der Waals surface area contributed by atoms with Crippen molar-refractivity contribution in [1.82, 2.24) is 9.97 Å². The van der Waals surface area contributed by atoms with E-state index in [0.29, 0.717) is 16.5 Å². The van der Waals surface area contributed by atoms with Crippen molar-refractivity contribution >= 4 is 28.9 Å². The Morgan fingerprint density at radius 3 is 2.76 bits per heavy atom. The van der Waals surface area contributed by atoms with E-state index in [0.717, 1.165) is 5.56 Å². The molecule has 6 heteroatoms. The zero-order valence-electron chi connectivity index (χ0n) is 8.95. The van der Waals surface area contributed by atoms with Crippen LogP contribution in [0.15, 0.2) is 24.4 Å². The minimum atomic E-state index is 0.0841. The molecule has 0 aliphatic heterocycles. The maximum Gasteiger partial charge on any atom is 0.247 e. The number of aromatic nitrogens is 2. The second-order valence-corrected chi connectivity index (χ2v) is 4.19. The summed E-state index contributed by atoms with van der Waals surface area (Å²) in [6.45, 7) is 1.88. The fraction of sp³-hybridized carbons (Fsp3) is 0.0909. The van der Waals surface area contributed by atoms with Gasteiger partial charge in [-0.3, -0.25) is 0 Å². The molecule has 0 saturated carbocycles. The molecule has 2 rings (SSSR count). The molecular formula is C11H9Cl2N3O. The van der Waals surface area contributed by atoms with E-state index in [1.165, 1.54) is 6.20 Å². The number of nitrogen functional groups attached to an aromatic ring is 1. The van der Waals surface area contributed by atoms with Crippen LogP contribution >= 0.6 is 23.2 Å². The molecule has 4 nitrogen and oxygen atoms in total. The molecule has 0 unspecified atom stereocenters. The van der Waals surface area contributed by atoms with Crippen LogP contribution in [0.2, 0.25) is 10.3 Å². The Kier molecular flexibility index (Phi) is 3.36. The monoisotopic (exact) mass is 269 g/mol. The van der Waals surface area contributed by atoms with E-state index in [2.05, 4.69) is 9.97 Å². The molecule has 2 N–H and O–H groups in total. The van der Waals surface area contributed by atoms with Crippen LogP contribution in [-0.2, 0) is 0 Å². The Hall–Kier alpha value is -1.52. The normalized spacial score (nSPS) is 10.3. The van der Waals surface area contributed by atoms with E-state index in [1.807, 2.05) is 6.92 Å². The molecule has 0 spiro atoms. The van der Waals surface area contributed by atoms with Crippen LogP contribution in [0, 0.1) is 6.92 Å². The number of nitrogens with zero attached hydrogens (tertiary/aromatic N) is 2. The van der Waals surface area contributed by atoms with Gasteiger partial charge in [0.05, 0.1) is 6.20 Å². The first-order valence-electron chi connectivity index (χ1n) is 4.78. The van der Waals surface area contributed by atoms with Gasteiger partial charge >= 0.3 is 0 Å². The predicted molar refractivity (Wildman–Crippen MR) is 67.7 cm³/mol. The first kappa shape index (κ1) is 12.0. The maximum atomic E-state index is 5.85. The minimum Gasteiger partial charge on any atom is -0.437 e. The van der Waals surface area contributed by atoms with Gasteiger partial charge in [0.15, 0.2) is 0 Å². The predicted octanol–water partition coefficient (Wildman–Crippen LogP) is 3.47. The largest absolute Gasteiger partial charge is 0.437 e. The Bertz CT molecular complexity index is 560. The number of halogens is 2. The summed E-state index contributed by atoms with van der Waals surface area (Å²) in [5, 5.41) is 0.726. The summed E-state index contributed by atoms with van der Waals surface area (Å²) in [6, 6.07) is 5.26. The first-order valence-corrected chi connectivity index (χ1v) is 5.54. The third-order valence-electron chi connectivity index (χ3n) is 2.09. The van der Waals surface area contributed by atoms with E-state index in [9.17, 15) is 0 Å². The molecule has 0 aliphatic carbocycles. The van der Waals surface area contributed by atoms with E-state index >= 15 is 0 Å². The standard InChI is InChI=1S/C11H9Cl2N3O/c1-6-4-7(12)2-3-9(6)17-10-8(14)5-15-11(13)16-10/h2-5H,14H2,1H3. The molecule has 88 valence electrons. The van der Waals surface area contributed by atoms with Gasteiger partial charge in [-0.15, -0.1) is 0 Å². The number of rotatable bonds is 2. The molecule has 1 aromatic heterocycles. The van der Waals surface area contributed by atoms with Crippen LogP contribution < -0.4 is 10.5 Å². The summed E-state index contributed by atoms with van der Waals surface area (Å²) in [7, 11) is 0. The number of anilines is 1. The molecule has 2 aromatic rings. The van der Waals surface area contributed by atoms with Crippen LogP contribution in [0.3, 0.4) is 0 Å². The van der Waals surface area contributed by atoms with Crippen molar-refractivity contribution in [2.24, 2.45) is 0 Å². The Morgan fingerprint density at radius 2 is 2.06 bits per heavy atom. The van der Waals surface area contributed by atoms with Gasteiger partial charge in [-0.1, -0.05) is 11.6 Å². The first-order chi connectivity index (χ1) is 8.06. The van der Waals surface area contributed by atoms with Crippen LogP contribution in [-0.4, -0.2) is 9.97 Å². The lowest BCUT2D eigenvalue weighted by atomic mass is 10.2. The van der Waals surface area contributed by atoms with Gasteiger partial charge in [-0.2, -0.15) is 4.98 Å². The number of hydrogen-bond acceptors (Lipinski definition) is 4. The average Bonchev–Trinajstić information content (AvgIpc) is 2.27. The summed E-state index contributed by atoms with van der Waals surface area (Å²) >= 11 is 11.5. The van der Waals surface area contributed by atoms with E-state index in [1.54, 1.807) is 18.2 Å². The van der Waals surface area contributed by atoms with E-state index in [4.69, 9.17) is 33.7 Å². The fourth-order valence-electron chi connectivity index (χ4n) is 1.27. The minimum absolute atomic E-state index is 0.0841. The van der Waals surface area contributed by atoms with Crippen LogP contribution in [0.25, 0.3) is 0 Å². The summed E-state index contributed by atoms with van der Waals surface area (Å²) < 4.78 is 5.56. The number of hydrogen-bond donors (Lipinski definition) is 1. The van der Waals surface area contributed by atoms with Gasteiger partial charge in [-0.05, 0) is 42.3 Å². The molecule has 1 aromatic carbocycles. The quantitative estimate of drug-likeness (QED) is 0.849. The van der Waals surface area contributed by atoms with Gasteiger partial charge in [0.1, 0.15) is 11.4 Å². The maximum absolute atomic E-state index is 5.85. The molecule has 0 atom stereocenters. The summed E-state index contributed by atoms with van der Waals surface area (Å²) in [5.41, 5.74) is 6.89. The molecule has 0 fully saturated rings. The van der Waals surface area contributed by atoms with Crippen molar-refractivity contribution in [1.29, 1.82) is 0 Å². The average molecular weight is 270 g/mol. The molecule has 0 radical (unpaired) electrons. The lowest BCUT2D eigenvalue weighted by molar-refractivity contribution is 0.461. The van der Waals surface area contributed by atoms with Crippen molar-refractivity contribution in [3.05, 3.63) is 40.3 Å². The zero-order valence-corrected chi connectivity index (χ0v) is 10.5. The Labute approximate surface area is 108 Å². The molecule has 1 heterocycles. The lowest BCUT2D eigenvalue weighted by Gasteiger charge is -2.09. The van der Waals surface area contributed by atoms with Gasteiger partial charge < -0.3 is 10.5 Å². The van der Waals surface area contributed by atoms with Crippen LogP contribution in [0.4, 0.5) is 5.69 Å². The highest BCUT2D eigenvalue weighted by Gasteiger charge is 2.08. The molecule has 0 saturated heterocycles. The zero-order chi connectivity index (χ0) is 12.4. The molecule has 0 amide bonds. The molecular weight excluding hydrogens is 261 g/mol. The van der Waals surface area contributed by atoms with Gasteiger partial charge in [0.25, 0.3) is 0 Å². The summed E-state index contributed by atoms with van der Waals surface area (Å²) in [6.07, 6.45) is 1.40. The fourth-order valence-corrected chi connectivity index (χ4v) is 1.62. The smallest absolute Gasteiger partial charge is 0.247 e. The summed E-state index contributed by atoms with van der Waals surface area (Å²) in [5.74, 6) is 0.853. The highest BCUT2D eigenvalue weighted by atomic mass is 35.5. The number of benzene rings is 1. The van der Waals surface area contributed by atoms with Crippen molar-refractivity contribution in [2.75, 3.05) is 5.73 Å². The van der Waals surface area contributed by atoms with Crippen molar-refractivity contribution < 1.29 is 4.74 Å². The molecule has 0 aliphatic rings. The summed E-state index contributed by atoms with van der Waals surface area (Å²) in [4.78, 5) is 7.65. The third-order valence-corrected chi connectivity index (χ3v) is 2.51. The number of aryl methyl sites for hydroxylation is 1. The third kappa shape index (κ3) is 2.78. The highest BCUT2D eigenvalue weighted by Crippen LogP contribution is 2.29. The van der Waals surface area contributed by atoms with Gasteiger partial charge in [0, 0.05) is 5.02 Å². The van der Waals surface area contributed by atoms with E-state index < -0.39 is 0 Å². The van der Waals surface area contributed by atoms with Crippen LogP contribution in [0.5, 0.6) is 11.6 Å². The second kappa shape index (κ2) is 4.77. The van der Waals surface area contributed by atoms with Crippen molar-refractivity contribution in [2.45, 2.75) is 6.92 Å². The number of nitrogens with two attached hydrogens (primary N) is 1. The highest BCUT2D eigenvalue weighted by molar-refractivity contribution is 6.30. The topological polar surface area (TPSA) is 61.0 Å². The molecule has 17 heavy (non-hydrogen) atoms. The molecule has 0 bridgehead atoms. The van der Waals surface area contributed by atoms with Gasteiger partial charge in [0.2, 0.25) is 11.2 Å². The Morgan fingerprint density at radius 1 is 1.29 bits per heavy atom. The second-order valence-electron chi connectivity index (χ2n) is 3.41. The van der Waals surface area contributed by atoms with Gasteiger partial charge in [-0.25, -0.2) is 4.98 Å². The SMILES string of the molecule is Cc1cc(Cl)ccc1Oc1nc(Cl)ncc1N.